The highest BCUT2D eigenvalue weighted by molar-refractivity contribution is 7.20. The summed E-state index contributed by atoms with van der Waals surface area (Å²) < 4.78 is 11.3. The number of aromatic nitrogens is 2. The van der Waals surface area contributed by atoms with Gasteiger partial charge in [0.05, 0.1) is 24.4 Å². The molecule has 0 bridgehead atoms. The summed E-state index contributed by atoms with van der Waals surface area (Å²) >= 11 is 1.11. The van der Waals surface area contributed by atoms with Crippen LogP contribution in [0, 0.1) is 6.92 Å². The van der Waals surface area contributed by atoms with Crippen LogP contribution in [0.2, 0.25) is 0 Å². The molecule has 0 N–H and O–H groups in total. The van der Waals surface area contributed by atoms with Gasteiger partial charge in [-0.3, -0.25) is 4.79 Å². The van der Waals surface area contributed by atoms with Crippen LogP contribution in [0.4, 0.5) is 0 Å². The number of thiophene rings is 1. The van der Waals surface area contributed by atoms with E-state index in [9.17, 15) is 14.4 Å². The Morgan fingerprint density at radius 2 is 1.84 bits per heavy atom. The number of rotatable bonds is 3. The third-order valence-corrected chi connectivity index (χ3v) is 4.86. The highest BCUT2D eigenvalue weighted by Gasteiger charge is 2.20. The van der Waals surface area contributed by atoms with Gasteiger partial charge in [-0.15, -0.1) is 11.3 Å². The number of nitrogens with zero attached hydrogens (tertiary/aromatic N) is 2. The number of carbonyl (C=O) groups is 2. The number of methoxy groups -OCH3 is 1. The van der Waals surface area contributed by atoms with Crippen LogP contribution in [0.15, 0.2) is 35.4 Å². The van der Waals surface area contributed by atoms with Crippen LogP contribution >= 0.6 is 11.3 Å². The van der Waals surface area contributed by atoms with Crippen LogP contribution in [0.25, 0.3) is 10.2 Å². The van der Waals surface area contributed by atoms with Gasteiger partial charge >= 0.3 is 11.9 Å². The van der Waals surface area contributed by atoms with E-state index in [1.54, 1.807) is 14.0 Å². The second-order valence-electron chi connectivity index (χ2n) is 5.30. The highest BCUT2D eigenvalue weighted by Crippen LogP contribution is 2.28. The maximum Gasteiger partial charge on any atom is 0.354 e. The summed E-state index contributed by atoms with van der Waals surface area (Å²) in [5.74, 6) is -0.760. The molecule has 25 heavy (non-hydrogen) atoms. The first kappa shape index (κ1) is 16.8. The Labute approximate surface area is 146 Å². The summed E-state index contributed by atoms with van der Waals surface area (Å²) in [7, 11) is 2.89. The molecule has 2 heterocycles. The van der Waals surface area contributed by atoms with Gasteiger partial charge in [0.15, 0.2) is 0 Å². The van der Waals surface area contributed by atoms with Gasteiger partial charge in [-0.2, -0.15) is 0 Å². The van der Waals surface area contributed by atoms with Crippen molar-refractivity contribution >= 4 is 33.5 Å². The molecule has 7 nitrogen and oxygen atoms in total. The molecule has 0 unspecified atom stereocenters. The van der Waals surface area contributed by atoms with E-state index in [0.29, 0.717) is 26.2 Å². The first-order valence-electron chi connectivity index (χ1n) is 7.27. The Morgan fingerprint density at radius 3 is 2.48 bits per heavy atom. The molecule has 1 aromatic carbocycles. The van der Waals surface area contributed by atoms with Gasteiger partial charge in [-0.1, -0.05) is 0 Å². The van der Waals surface area contributed by atoms with Gasteiger partial charge in [0, 0.05) is 7.05 Å². The molecule has 0 saturated carbocycles. The van der Waals surface area contributed by atoms with Gasteiger partial charge in [-0.25, -0.2) is 14.6 Å². The number of aryl methyl sites for hydroxylation is 2. The van der Waals surface area contributed by atoms with Crippen LogP contribution in [0.3, 0.4) is 0 Å². The largest absolute Gasteiger partial charge is 0.465 e. The van der Waals surface area contributed by atoms with Crippen molar-refractivity contribution in [3.05, 3.63) is 57.0 Å². The number of benzene rings is 1. The fourth-order valence-corrected chi connectivity index (χ4v) is 3.35. The van der Waals surface area contributed by atoms with Crippen molar-refractivity contribution in [2.24, 2.45) is 7.05 Å². The molecule has 128 valence electrons. The summed E-state index contributed by atoms with van der Waals surface area (Å²) in [5.41, 5.74) is 0.693. The number of ether oxygens (including phenoxy) is 2. The standard InChI is InChI=1S/C17H14N2O5S/c1-9-12-14(18-8-19(2)15(12)20)25-13(9)17(22)24-11-6-4-10(5-7-11)16(21)23-3/h4-8H,1-3H3. The van der Waals surface area contributed by atoms with E-state index in [1.807, 2.05) is 0 Å². The molecule has 8 heteroatoms. The van der Waals surface area contributed by atoms with E-state index >= 15 is 0 Å². The van der Waals surface area contributed by atoms with Crippen LogP contribution < -0.4 is 10.3 Å². The fourth-order valence-electron chi connectivity index (χ4n) is 2.33. The van der Waals surface area contributed by atoms with Gasteiger partial charge < -0.3 is 14.0 Å². The lowest BCUT2D eigenvalue weighted by Gasteiger charge is -2.04. The number of hydrogen-bond donors (Lipinski definition) is 0. The lowest BCUT2D eigenvalue weighted by Crippen LogP contribution is -2.17. The molecule has 0 aliphatic carbocycles. The van der Waals surface area contributed by atoms with Gasteiger partial charge in [0.2, 0.25) is 0 Å². The van der Waals surface area contributed by atoms with E-state index in [4.69, 9.17) is 4.74 Å². The molecule has 0 amide bonds. The Hall–Kier alpha value is -3.00. The topological polar surface area (TPSA) is 87.5 Å². The molecule has 0 saturated heterocycles. The van der Waals surface area contributed by atoms with Crippen molar-refractivity contribution in [2.45, 2.75) is 6.92 Å². The van der Waals surface area contributed by atoms with Gasteiger partial charge in [0.1, 0.15) is 15.5 Å². The van der Waals surface area contributed by atoms with E-state index < -0.39 is 11.9 Å². The Kier molecular flexibility index (Phi) is 4.37. The van der Waals surface area contributed by atoms with Crippen LogP contribution in [-0.4, -0.2) is 28.6 Å². The lowest BCUT2D eigenvalue weighted by molar-refractivity contribution is 0.0600. The summed E-state index contributed by atoms with van der Waals surface area (Å²) in [5, 5.41) is 0.419. The molecule has 0 spiro atoms. The summed E-state index contributed by atoms with van der Waals surface area (Å²) in [6.45, 7) is 1.69. The molecule has 3 aromatic rings. The van der Waals surface area contributed by atoms with Crippen molar-refractivity contribution in [3.63, 3.8) is 0 Å². The van der Waals surface area contributed by atoms with Crippen LogP contribution in [0.1, 0.15) is 25.6 Å². The molecule has 0 fully saturated rings. The van der Waals surface area contributed by atoms with Crippen molar-refractivity contribution < 1.29 is 19.1 Å². The summed E-state index contributed by atoms with van der Waals surface area (Å²) in [4.78, 5) is 41.0. The Balaban J connectivity index is 1.90. The van der Waals surface area contributed by atoms with Crippen LogP contribution in [0.5, 0.6) is 5.75 Å². The van der Waals surface area contributed by atoms with E-state index in [-0.39, 0.29) is 11.3 Å². The third-order valence-electron chi connectivity index (χ3n) is 3.68. The summed E-state index contributed by atoms with van der Waals surface area (Å²) in [6.07, 6.45) is 1.42. The molecule has 0 aliphatic rings. The minimum absolute atomic E-state index is 0.208. The SMILES string of the molecule is COC(=O)c1ccc(OC(=O)c2sc3ncn(C)c(=O)c3c2C)cc1. The van der Waals surface area contributed by atoms with E-state index in [2.05, 4.69) is 9.72 Å². The average Bonchev–Trinajstić information content (AvgIpc) is 2.95. The van der Waals surface area contributed by atoms with Gasteiger partial charge in [0.25, 0.3) is 5.56 Å². The smallest absolute Gasteiger partial charge is 0.354 e. The van der Waals surface area contributed by atoms with Crippen molar-refractivity contribution in [2.75, 3.05) is 7.11 Å². The van der Waals surface area contributed by atoms with Gasteiger partial charge in [-0.05, 0) is 36.8 Å². The Morgan fingerprint density at radius 1 is 1.16 bits per heavy atom. The molecular formula is C17H14N2O5S. The number of hydrogen-bond acceptors (Lipinski definition) is 7. The minimum atomic E-state index is -0.576. The van der Waals surface area contributed by atoms with Crippen molar-refractivity contribution in [3.8, 4) is 5.75 Å². The first-order chi connectivity index (χ1) is 11.9. The Bertz CT molecular complexity index is 1030. The van der Waals surface area contributed by atoms with Crippen molar-refractivity contribution in [1.29, 1.82) is 0 Å². The molecule has 3 rings (SSSR count). The first-order valence-corrected chi connectivity index (χ1v) is 8.09. The molecule has 0 atom stereocenters. The molecule has 2 aromatic heterocycles. The van der Waals surface area contributed by atoms with E-state index in [1.165, 1.54) is 42.3 Å². The second-order valence-corrected chi connectivity index (χ2v) is 6.30. The zero-order valence-corrected chi connectivity index (χ0v) is 14.5. The number of fused-ring (bicyclic) bond motifs is 1. The number of carbonyl (C=O) groups excluding carboxylic acids is 2. The fraction of sp³-hybridized carbons (Fsp3) is 0.176. The summed E-state index contributed by atoms with van der Waals surface area (Å²) in [6, 6.07) is 6.02. The quantitative estimate of drug-likeness (QED) is 0.527. The predicted octanol–water partition coefficient (Wildman–Crippen LogP) is 2.31. The minimum Gasteiger partial charge on any atom is -0.465 e. The zero-order valence-electron chi connectivity index (χ0n) is 13.7. The maximum absolute atomic E-state index is 12.4. The zero-order chi connectivity index (χ0) is 18.1. The molecule has 0 radical (unpaired) electrons. The second kappa shape index (κ2) is 6.48. The lowest BCUT2D eigenvalue weighted by atomic mass is 10.2. The third kappa shape index (κ3) is 3.03. The highest BCUT2D eigenvalue weighted by atomic mass is 32.1. The van der Waals surface area contributed by atoms with Crippen LogP contribution in [-0.2, 0) is 11.8 Å². The van der Waals surface area contributed by atoms with Crippen molar-refractivity contribution in [1.82, 2.24) is 9.55 Å². The van der Waals surface area contributed by atoms with E-state index in [0.717, 1.165) is 11.3 Å². The average molecular weight is 358 g/mol. The molecular weight excluding hydrogens is 344 g/mol. The normalized spacial score (nSPS) is 10.7. The monoisotopic (exact) mass is 358 g/mol. The number of esters is 2. The predicted molar refractivity (Wildman–Crippen MR) is 92.3 cm³/mol. The molecule has 0 aliphatic heterocycles. The maximum atomic E-state index is 12.4.